The fraction of sp³-hybridized carbons (Fsp3) is 0. The second-order valence-electron chi connectivity index (χ2n) is 0.896. The summed E-state index contributed by atoms with van der Waals surface area (Å²) in [4.78, 5) is 0. The largest absolute Gasteiger partial charge is 0.394 e. The van der Waals surface area contributed by atoms with Crippen LogP contribution in [0.1, 0.15) is 0 Å². The van der Waals surface area contributed by atoms with Crippen molar-refractivity contribution in [2.45, 2.75) is 0 Å². The Morgan fingerprint density at radius 3 is 0.583 bits per heavy atom. The molecule has 0 unspecified atom stereocenters. The first-order chi connectivity index (χ1) is 4.00. The van der Waals surface area contributed by atoms with Crippen molar-refractivity contribution in [3.8, 4) is 0 Å². The van der Waals surface area contributed by atoms with Gasteiger partial charge in [0.1, 0.15) is 0 Å². The Labute approximate surface area is 89.8 Å². The average molecular weight is 306 g/mol. The van der Waals surface area contributed by atoms with Crippen LogP contribution in [0.5, 0.6) is 0 Å². The smallest absolute Gasteiger partial charge is 0.264 e. The number of hydrogen-bond donors (Lipinski definition) is 4. The molecule has 0 amide bonds. The standard InChI is InChI=1S/2Mn.2H2O4S/c;;2*1-5(2,3)4/h;;2*(H2,1,2,3,4). The van der Waals surface area contributed by atoms with Crippen molar-refractivity contribution in [1.29, 1.82) is 0 Å². The molecule has 0 saturated heterocycles. The van der Waals surface area contributed by atoms with Gasteiger partial charge in [-0.2, -0.15) is 16.8 Å². The summed E-state index contributed by atoms with van der Waals surface area (Å²) < 4.78 is 63.2. The summed E-state index contributed by atoms with van der Waals surface area (Å²) in [7, 11) is -9.33. The first-order valence-electron chi connectivity index (χ1n) is 1.40. The molecule has 2 radical (unpaired) electrons. The van der Waals surface area contributed by atoms with Crippen molar-refractivity contribution in [1.82, 2.24) is 0 Å². The Morgan fingerprint density at radius 1 is 0.583 bits per heavy atom. The summed E-state index contributed by atoms with van der Waals surface area (Å²) in [6.45, 7) is 0. The molecule has 0 atom stereocenters. The van der Waals surface area contributed by atoms with Crippen LogP contribution in [-0.4, -0.2) is 35.0 Å². The molecule has 12 heteroatoms. The minimum atomic E-state index is -4.67. The van der Waals surface area contributed by atoms with Gasteiger partial charge < -0.3 is 0 Å². The van der Waals surface area contributed by atoms with Crippen molar-refractivity contribution < 1.29 is 69.2 Å². The van der Waals surface area contributed by atoms with Crippen LogP contribution in [0.25, 0.3) is 0 Å². The van der Waals surface area contributed by atoms with E-state index in [2.05, 4.69) is 0 Å². The maximum absolute atomic E-state index is 8.74. The fourth-order valence-electron chi connectivity index (χ4n) is 0. The summed E-state index contributed by atoms with van der Waals surface area (Å²) in [6.07, 6.45) is 0. The van der Waals surface area contributed by atoms with Gasteiger partial charge in [-0.1, -0.05) is 0 Å². The molecular weight excluding hydrogens is 302 g/mol. The zero-order chi connectivity index (χ0) is 9.00. The topological polar surface area (TPSA) is 149 Å². The van der Waals surface area contributed by atoms with Gasteiger partial charge in [-0.3, -0.25) is 18.2 Å². The molecule has 0 aliphatic carbocycles. The molecule has 0 bridgehead atoms. The second kappa shape index (κ2) is 8.38. The zero-order valence-electron chi connectivity index (χ0n) is 4.99. The van der Waals surface area contributed by atoms with Crippen molar-refractivity contribution in [2.24, 2.45) is 0 Å². The van der Waals surface area contributed by atoms with Gasteiger partial charge in [-0.25, -0.2) is 0 Å². The molecular formula is H4Mn2O8S2. The summed E-state index contributed by atoms with van der Waals surface area (Å²) >= 11 is 0. The van der Waals surface area contributed by atoms with Crippen LogP contribution < -0.4 is 0 Å². The fourth-order valence-corrected chi connectivity index (χ4v) is 0. The molecule has 4 N–H and O–H groups in total. The van der Waals surface area contributed by atoms with E-state index in [4.69, 9.17) is 35.0 Å². The van der Waals surface area contributed by atoms with Crippen molar-refractivity contribution in [2.75, 3.05) is 0 Å². The molecule has 0 fully saturated rings. The molecule has 0 aromatic rings. The Hall–Kier alpha value is 0.779. The summed E-state index contributed by atoms with van der Waals surface area (Å²) in [6, 6.07) is 0. The quantitative estimate of drug-likeness (QED) is 0.318. The SMILES string of the molecule is O=S(=O)(O)O.O=S(=O)(O)O.[Mn].[Mn]. The van der Waals surface area contributed by atoms with E-state index >= 15 is 0 Å². The maximum Gasteiger partial charge on any atom is 0.394 e. The third-order valence-corrected chi connectivity index (χ3v) is 0. The van der Waals surface area contributed by atoms with E-state index in [0.29, 0.717) is 0 Å². The van der Waals surface area contributed by atoms with E-state index < -0.39 is 20.8 Å². The minimum Gasteiger partial charge on any atom is -0.264 e. The Kier molecular flexibility index (Phi) is 16.1. The summed E-state index contributed by atoms with van der Waals surface area (Å²) in [5.41, 5.74) is 0. The molecule has 0 aromatic heterocycles. The van der Waals surface area contributed by atoms with Crippen molar-refractivity contribution >= 4 is 20.8 Å². The molecule has 0 spiro atoms. The van der Waals surface area contributed by atoms with Crippen LogP contribution in [-0.2, 0) is 54.9 Å². The Morgan fingerprint density at radius 2 is 0.583 bits per heavy atom. The third kappa shape index (κ3) is 1700. The van der Waals surface area contributed by atoms with Crippen LogP contribution in [0.3, 0.4) is 0 Å². The van der Waals surface area contributed by atoms with E-state index in [9.17, 15) is 0 Å². The van der Waals surface area contributed by atoms with Crippen molar-refractivity contribution in [3.63, 3.8) is 0 Å². The van der Waals surface area contributed by atoms with Crippen molar-refractivity contribution in [3.05, 3.63) is 0 Å². The monoisotopic (exact) mass is 306 g/mol. The molecule has 12 heavy (non-hydrogen) atoms. The van der Waals surface area contributed by atoms with Gasteiger partial charge in [0.05, 0.1) is 0 Å². The predicted molar refractivity (Wildman–Crippen MR) is 28.4 cm³/mol. The Bertz CT molecular complexity index is 211. The first kappa shape index (κ1) is 23.0. The number of rotatable bonds is 0. The van der Waals surface area contributed by atoms with E-state index in [1.54, 1.807) is 0 Å². The zero-order valence-corrected chi connectivity index (χ0v) is 8.99. The van der Waals surface area contributed by atoms with Gasteiger partial charge >= 0.3 is 20.8 Å². The van der Waals surface area contributed by atoms with Crippen LogP contribution >= 0.6 is 0 Å². The number of hydrogen-bond acceptors (Lipinski definition) is 4. The average Bonchev–Trinajstić information content (AvgIpc) is 1.12. The molecule has 0 aromatic carbocycles. The second-order valence-corrected chi connectivity index (χ2v) is 2.69. The van der Waals surface area contributed by atoms with Crippen LogP contribution in [0.2, 0.25) is 0 Å². The van der Waals surface area contributed by atoms with E-state index in [1.165, 1.54) is 0 Å². The van der Waals surface area contributed by atoms with Gasteiger partial charge in [0.2, 0.25) is 0 Å². The van der Waals surface area contributed by atoms with Gasteiger partial charge in [0, 0.05) is 34.1 Å². The molecule has 0 heterocycles. The molecule has 0 aliphatic heterocycles. The maximum atomic E-state index is 8.74. The molecule has 78 valence electrons. The van der Waals surface area contributed by atoms with Gasteiger partial charge in [0.15, 0.2) is 0 Å². The van der Waals surface area contributed by atoms with E-state index in [-0.39, 0.29) is 34.1 Å². The normalized spacial score (nSPS) is 9.67. The minimum absolute atomic E-state index is 0. The predicted octanol–water partition coefficient (Wildman–Crippen LogP) is -1.31. The third-order valence-electron chi connectivity index (χ3n) is 0. The molecule has 0 rings (SSSR count). The van der Waals surface area contributed by atoms with Crippen LogP contribution in [0.15, 0.2) is 0 Å². The first-order valence-corrected chi connectivity index (χ1v) is 4.19. The van der Waals surface area contributed by atoms with E-state index in [1.807, 2.05) is 0 Å². The van der Waals surface area contributed by atoms with Gasteiger partial charge in [0.25, 0.3) is 0 Å². The molecule has 0 saturated carbocycles. The summed E-state index contributed by atoms with van der Waals surface area (Å²) in [5, 5.41) is 0. The molecule has 8 nitrogen and oxygen atoms in total. The molecule has 0 aliphatic rings. The van der Waals surface area contributed by atoms with Gasteiger partial charge in [-0.15, -0.1) is 0 Å². The van der Waals surface area contributed by atoms with E-state index in [0.717, 1.165) is 0 Å². The van der Waals surface area contributed by atoms with Gasteiger partial charge in [-0.05, 0) is 0 Å². The van der Waals surface area contributed by atoms with Crippen LogP contribution in [0.4, 0.5) is 0 Å². The van der Waals surface area contributed by atoms with Crippen LogP contribution in [0, 0.1) is 0 Å². The Balaban J connectivity index is -0.0000000457. The summed E-state index contributed by atoms with van der Waals surface area (Å²) in [5.74, 6) is 0.